The number of carbonyl (C=O) groups excluding carboxylic acids is 2. The van der Waals surface area contributed by atoms with E-state index in [4.69, 9.17) is 0 Å². The highest BCUT2D eigenvalue weighted by molar-refractivity contribution is 7.12. The van der Waals surface area contributed by atoms with Crippen LogP contribution >= 0.6 is 11.3 Å². The molecule has 1 aromatic heterocycles. The van der Waals surface area contributed by atoms with E-state index in [1.165, 1.54) is 11.3 Å². The molecule has 0 fully saturated rings. The summed E-state index contributed by atoms with van der Waals surface area (Å²) in [4.78, 5) is 21.5. The van der Waals surface area contributed by atoms with Crippen LogP contribution in [0.4, 0.5) is 0 Å². The first kappa shape index (κ1) is 8.73. The van der Waals surface area contributed by atoms with Gasteiger partial charge in [-0.15, -0.1) is 11.3 Å². The Labute approximate surface area is 72.8 Å². The van der Waals surface area contributed by atoms with E-state index < -0.39 is 12.5 Å². The van der Waals surface area contributed by atoms with E-state index in [9.17, 15) is 14.7 Å². The van der Waals surface area contributed by atoms with Crippen LogP contribution in [0.25, 0.3) is 0 Å². The fraction of sp³-hybridized carbons (Fsp3) is 0.143. The summed E-state index contributed by atoms with van der Waals surface area (Å²) >= 11 is 1.26. The SMILES string of the molecule is O=C([O-])CNC(=O)c1cccs1. The van der Waals surface area contributed by atoms with Crippen LogP contribution in [0.5, 0.6) is 0 Å². The molecule has 0 aromatic carbocycles. The van der Waals surface area contributed by atoms with Crippen LogP contribution in [0.1, 0.15) is 9.67 Å². The number of thiophene rings is 1. The van der Waals surface area contributed by atoms with Crippen molar-refractivity contribution in [2.45, 2.75) is 0 Å². The molecule has 1 N–H and O–H groups in total. The van der Waals surface area contributed by atoms with E-state index in [1.54, 1.807) is 17.5 Å². The lowest BCUT2D eigenvalue weighted by Crippen LogP contribution is -2.37. The van der Waals surface area contributed by atoms with Crippen LogP contribution in [0, 0.1) is 0 Å². The van der Waals surface area contributed by atoms with Crippen LogP contribution in [0.3, 0.4) is 0 Å². The minimum Gasteiger partial charge on any atom is -0.548 e. The van der Waals surface area contributed by atoms with Crippen LogP contribution in [0.15, 0.2) is 17.5 Å². The van der Waals surface area contributed by atoms with Crippen molar-refractivity contribution in [3.63, 3.8) is 0 Å². The predicted octanol–water partition coefficient (Wildman–Crippen LogP) is -0.772. The quantitative estimate of drug-likeness (QED) is 0.670. The third-order valence-corrected chi connectivity index (χ3v) is 2.01. The average Bonchev–Trinajstić information content (AvgIpc) is 2.51. The fourth-order valence-corrected chi connectivity index (χ4v) is 1.29. The van der Waals surface area contributed by atoms with Crippen molar-refractivity contribution < 1.29 is 14.7 Å². The summed E-state index contributed by atoms with van der Waals surface area (Å²) in [6.07, 6.45) is 0. The lowest BCUT2D eigenvalue weighted by molar-refractivity contribution is -0.303. The molecule has 1 amide bonds. The van der Waals surface area contributed by atoms with Crippen molar-refractivity contribution >= 4 is 23.2 Å². The third kappa shape index (κ3) is 2.35. The lowest BCUT2D eigenvalue weighted by Gasteiger charge is -2.02. The number of carboxylic acid groups (broad SMARTS) is 1. The van der Waals surface area contributed by atoms with Crippen LogP contribution in [-0.4, -0.2) is 18.4 Å². The average molecular weight is 184 g/mol. The highest BCUT2D eigenvalue weighted by atomic mass is 32.1. The van der Waals surface area contributed by atoms with Gasteiger partial charge >= 0.3 is 0 Å². The zero-order chi connectivity index (χ0) is 8.97. The summed E-state index contributed by atoms with van der Waals surface area (Å²) in [7, 11) is 0. The molecule has 0 aliphatic carbocycles. The van der Waals surface area contributed by atoms with Gasteiger partial charge in [0.25, 0.3) is 5.91 Å². The molecule has 0 atom stereocenters. The number of amides is 1. The Morgan fingerprint density at radius 3 is 2.83 bits per heavy atom. The summed E-state index contributed by atoms with van der Waals surface area (Å²) in [5.41, 5.74) is 0. The van der Waals surface area contributed by atoms with Gasteiger partial charge in [0.15, 0.2) is 0 Å². The summed E-state index contributed by atoms with van der Waals surface area (Å²) in [6.45, 7) is -0.448. The molecule has 64 valence electrons. The number of nitrogens with one attached hydrogen (secondary N) is 1. The molecule has 0 radical (unpaired) electrons. The number of hydrogen-bond acceptors (Lipinski definition) is 4. The molecule has 0 aliphatic heterocycles. The Balaban J connectivity index is 2.45. The fourth-order valence-electron chi connectivity index (χ4n) is 0.647. The Bertz CT molecular complexity index is 281. The smallest absolute Gasteiger partial charge is 0.261 e. The summed E-state index contributed by atoms with van der Waals surface area (Å²) < 4.78 is 0. The molecule has 1 rings (SSSR count). The molecule has 0 saturated carbocycles. The lowest BCUT2D eigenvalue weighted by atomic mass is 10.4. The molecular weight excluding hydrogens is 178 g/mol. The maximum Gasteiger partial charge on any atom is 0.261 e. The van der Waals surface area contributed by atoms with E-state index >= 15 is 0 Å². The second kappa shape index (κ2) is 3.87. The van der Waals surface area contributed by atoms with Crippen LogP contribution in [-0.2, 0) is 4.79 Å². The number of carboxylic acids is 1. The Morgan fingerprint density at radius 1 is 1.58 bits per heavy atom. The van der Waals surface area contributed by atoms with Gasteiger partial charge in [-0.1, -0.05) is 6.07 Å². The van der Waals surface area contributed by atoms with E-state index in [0.717, 1.165) is 0 Å². The maximum atomic E-state index is 11.0. The molecule has 0 saturated heterocycles. The van der Waals surface area contributed by atoms with Gasteiger partial charge in [-0.25, -0.2) is 0 Å². The van der Waals surface area contributed by atoms with Gasteiger partial charge in [-0.2, -0.15) is 0 Å². The van der Waals surface area contributed by atoms with Gasteiger partial charge in [0.05, 0.1) is 17.4 Å². The summed E-state index contributed by atoms with van der Waals surface area (Å²) in [5, 5.41) is 13.9. The minimum absolute atomic E-state index is 0.380. The number of aliphatic carboxylic acids is 1. The molecule has 12 heavy (non-hydrogen) atoms. The largest absolute Gasteiger partial charge is 0.548 e. The van der Waals surface area contributed by atoms with Gasteiger partial charge in [-0.3, -0.25) is 4.79 Å². The predicted molar refractivity (Wildman–Crippen MR) is 41.7 cm³/mol. The van der Waals surface area contributed by atoms with Gasteiger partial charge in [-0.05, 0) is 11.4 Å². The van der Waals surface area contributed by atoms with Gasteiger partial charge in [0, 0.05) is 0 Å². The number of rotatable bonds is 3. The number of carbonyl (C=O) groups is 2. The Kier molecular flexibility index (Phi) is 2.82. The Hall–Kier alpha value is -1.36. The molecule has 0 unspecified atom stereocenters. The van der Waals surface area contributed by atoms with E-state index in [0.29, 0.717) is 4.88 Å². The van der Waals surface area contributed by atoms with E-state index in [1.807, 2.05) is 0 Å². The molecule has 0 aliphatic rings. The van der Waals surface area contributed by atoms with Gasteiger partial charge in [0.2, 0.25) is 0 Å². The molecule has 1 heterocycles. The zero-order valence-electron chi connectivity index (χ0n) is 6.07. The third-order valence-electron chi connectivity index (χ3n) is 1.14. The number of hydrogen-bond donors (Lipinski definition) is 1. The second-order valence-corrected chi connectivity index (χ2v) is 2.98. The highest BCUT2D eigenvalue weighted by Crippen LogP contribution is 2.07. The molecule has 5 heteroatoms. The van der Waals surface area contributed by atoms with Gasteiger partial charge < -0.3 is 15.2 Å². The second-order valence-electron chi connectivity index (χ2n) is 2.03. The first-order valence-corrected chi connectivity index (χ1v) is 4.09. The zero-order valence-corrected chi connectivity index (χ0v) is 6.89. The van der Waals surface area contributed by atoms with Crippen LogP contribution in [0.2, 0.25) is 0 Å². The summed E-state index contributed by atoms with van der Waals surface area (Å²) in [6, 6.07) is 3.34. The van der Waals surface area contributed by atoms with Crippen molar-refractivity contribution in [2.75, 3.05) is 6.54 Å². The standard InChI is InChI=1S/C7H7NO3S/c9-6(10)4-8-7(11)5-2-1-3-12-5/h1-3H,4H2,(H,8,11)(H,9,10)/p-1. The first-order chi connectivity index (χ1) is 5.70. The highest BCUT2D eigenvalue weighted by Gasteiger charge is 2.03. The van der Waals surface area contributed by atoms with Crippen molar-refractivity contribution in [1.82, 2.24) is 5.32 Å². The van der Waals surface area contributed by atoms with Gasteiger partial charge in [0.1, 0.15) is 0 Å². The topological polar surface area (TPSA) is 69.2 Å². The molecule has 1 aromatic rings. The first-order valence-electron chi connectivity index (χ1n) is 3.21. The van der Waals surface area contributed by atoms with Crippen molar-refractivity contribution in [1.29, 1.82) is 0 Å². The molecule has 4 nitrogen and oxygen atoms in total. The molecule has 0 bridgehead atoms. The minimum atomic E-state index is -1.29. The molecule has 0 spiro atoms. The van der Waals surface area contributed by atoms with Crippen LogP contribution < -0.4 is 10.4 Å². The van der Waals surface area contributed by atoms with E-state index in [-0.39, 0.29) is 5.91 Å². The van der Waals surface area contributed by atoms with E-state index in [2.05, 4.69) is 5.32 Å². The monoisotopic (exact) mass is 184 g/mol. The Morgan fingerprint density at radius 2 is 2.33 bits per heavy atom. The maximum absolute atomic E-state index is 11.0. The normalized spacial score (nSPS) is 9.33. The molecular formula is C7H6NO3S-. The summed E-state index contributed by atoms with van der Waals surface area (Å²) in [5.74, 6) is -1.67. The van der Waals surface area contributed by atoms with Crippen molar-refractivity contribution in [2.24, 2.45) is 0 Å². The van der Waals surface area contributed by atoms with Crippen molar-refractivity contribution in [3.8, 4) is 0 Å². The van der Waals surface area contributed by atoms with Crippen molar-refractivity contribution in [3.05, 3.63) is 22.4 Å².